The molecule has 0 aromatic rings. The van der Waals surface area contributed by atoms with E-state index in [9.17, 15) is 13.2 Å². The first-order valence-electron chi connectivity index (χ1n) is 6.13. The van der Waals surface area contributed by atoms with Crippen LogP contribution < -0.4 is 5.32 Å². The number of unbranched alkanes of at least 4 members (excludes halogenated alkanes) is 2. The summed E-state index contributed by atoms with van der Waals surface area (Å²) in [5, 5.41) is 2.68. The Labute approximate surface area is 105 Å². The summed E-state index contributed by atoms with van der Waals surface area (Å²) in [5.74, 6) is -0.0491. The molecule has 102 valence electrons. The van der Waals surface area contributed by atoms with Crippen molar-refractivity contribution >= 4 is 15.9 Å². The smallest absolute Gasteiger partial charge is 0.219 e. The maximum Gasteiger partial charge on any atom is 0.219 e. The van der Waals surface area contributed by atoms with Gasteiger partial charge in [-0.05, 0) is 6.42 Å². The zero-order chi connectivity index (χ0) is 13.3. The Morgan fingerprint density at radius 3 is 2.29 bits per heavy atom. The van der Waals surface area contributed by atoms with E-state index in [1.165, 1.54) is 10.6 Å². The molecule has 0 bridgehead atoms. The molecule has 0 atom stereocenters. The van der Waals surface area contributed by atoms with Crippen molar-refractivity contribution in [2.24, 2.45) is 0 Å². The van der Waals surface area contributed by atoms with Crippen molar-refractivity contribution < 1.29 is 13.2 Å². The normalized spacial score (nSPS) is 11.8. The van der Waals surface area contributed by atoms with E-state index < -0.39 is 10.0 Å². The lowest BCUT2D eigenvalue weighted by Crippen LogP contribution is -2.38. The van der Waals surface area contributed by atoms with Gasteiger partial charge in [-0.2, -0.15) is 0 Å². The van der Waals surface area contributed by atoms with Gasteiger partial charge < -0.3 is 5.32 Å². The van der Waals surface area contributed by atoms with Crippen molar-refractivity contribution in [2.75, 3.05) is 25.9 Å². The van der Waals surface area contributed by atoms with Crippen LogP contribution in [0, 0.1) is 0 Å². The Kier molecular flexibility index (Phi) is 8.16. The zero-order valence-electron chi connectivity index (χ0n) is 11.0. The number of hydrogen-bond donors (Lipinski definition) is 1. The van der Waals surface area contributed by atoms with Gasteiger partial charge >= 0.3 is 0 Å². The maximum atomic E-state index is 11.5. The molecule has 0 saturated carbocycles. The predicted molar refractivity (Wildman–Crippen MR) is 69.2 cm³/mol. The highest BCUT2D eigenvalue weighted by atomic mass is 32.2. The van der Waals surface area contributed by atoms with Crippen LogP contribution in [0.4, 0.5) is 0 Å². The summed E-state index contributed by atoms with van der Waals surface area (Å²) < 4.78 is 24.4. The minimum Gasteiger partial charge on any atom is -0.355 e. The highest BCUT2D eigenvalue weighted by molar-refractivity contribution is 7.88. The molecule has 0 rings (SSSR count). The van der Waals surface area contributed by atoms with Crippen LogP contribution in [0.15, 0.2) is 0 Å². The average molecular weight is 264 g/mol. The Hall–Kier alpha value is -0.620. The van der Waals surface area contributed by atoms with Gasteiger partial charge in [0, 0.05) is 26.1 Å². The summed E-state index contributed by atoms with van der Waals surface area (Å²) in [6, 6.07) is 0. The Balaban J connectivity index is 4.08. The third-order valence-electron chi connectivity index (χ3n) is 2.48. The number of rotatable bonds is 9. The molecule has 17 heavy (non-hydrogen) atoms. The lowest BCUT2D eigenvalue weighted by Gasteiger charge is -2.19. The van der Waals surface area contributed by atoms with Gasteiger partial charge in [-0.25, -0.2) is 12.7 Å². The molecule has 0 aliphatic rings. The van der Waals surface area contributed by atoms with Gasteiger partial charge in [0.15, 0.2) is 0 Å². The summed E-state index contributed by atoms with van der Waals surface area (Å²) in [4.78, 5) is 11.0. The standard InChI is InChI=1S/C11H24N2O3S/c1-4-6-7-9-13(17(3,15)16)10-8-12-11(14)5-2/h4-10H2,1-3H3,(H,12,14). The molecule has 6 heteroatoms. The monoisotopic (exact) mass is 264 g/mol. The van der Waals surface area contributed by atoms with Crippen molar-refractivity contribution in [3.05, 3.63) is 0 Å². The molecule has 1 amide bonds. The molecule has 1 N–H and O–H groups in total. The van der Waals surface area contributed by atoms with Crippen LogP contribution in [0.1, 0.15) is 39.5 Å². The van der Waals surface area contributed by atoms with Gasteiger partial charge in [0.1, 0.15) is 0 Å². The molecular weight excluding hydrogens is 240 g/mol. The highest BCUT2D eigenvalue weighted by Gasteiger charge is 2.15. The second kappa shape index (κ2) is 8.47. The van der Waals surface area contributed by atoms with Gasteiger partial charge in [0.25, 0.3) is 0 Å². The minimum atomic E-state index is -3.17. The lowest BCUT2D eigenvalue weighted by atomic mass is 10.2. The van der Waals surface area contributed by atoms with Crippen molar-refractivity contribution in [3.8, 4) is 0 Å². The number of nitrogens with one attached hydrogen (secondary N) is 1. The molecule has 5 nitrogen and oxygen atoms in total. The number of carbonyl (C=O) groups excluding carboxylic acids is 1. The van der Waals surface area contributed by atoms with Gasteiger partial charge in [-0.3, -0.25) is 4.79 Å². The fourth-order valence-electron chi connectivity index (χ4n) is 1.43. The molecule has 0 radical (unpaired) electrons. The van der Waals surface area contributed by atoms with E-state index >= 15 is 0 Å². The quantitative estimate of drug-likeness (QED) is 0.631. The molecule has 0 unspecified atom stereocenters. The molecule has 0 saturated heterocycles. The first-order valence-corrected chi connectivity index (χ1v) is 7.98. The largest absolute Gasteiger partial charge is 0.355 e. The fraction of sp³-hybridized carbons (Fsp3) is 0.909. The zero-order valence-corrected chi connectivity index (χ0v) is 11.8. The number of amides is 1. The molecule has 0 fully saturated rings. The molecule has 0 heterocycles. The van der Waals surface area contributed by atoms with Crippen molar-refractivity contribution in [1.29, 1.82) is 0 Å². The molecule has 0 aliphatic carbocycles. The summed E-state index contributed by atoms with van der Waals surface area (Å²) in [5.41, 5.74) is 0. The van der Waals surface area contributed by atoms with Gasteiger partial charge in [0.2, 0.25) is 15.9 Å². The van der Waals surface area contributed by atoms with Crippen LogP contribution in [-0.4, -0.2) is 44.5 Å². The minimum absolute atomic E-state index is 0.0491. The summed E-state index contributed by atoms with van der Waals surface area (Å²) >= 11 is 0. The van der Waals surface area contributed by atoms with E-state index in [1.807, 2.05) is 0 Å². The Bertz CT molecular complexity index is 315. The third kappa shape index (κ3) is 8.15. The van der Waals surface area contributed by atoms with Crippen LogP contribution in [0.3, 0.4) is 0 Å². The van der Waals surface area contributed by atoms with Crippen molar-refractivity contribution in [3.63, 3.8) is 0 Å². The van der Waals surface area contributed by atoms with E-state index in [-0.39, 0.29) is 5.91 Å². The van der Waals surface area contributed by atoms with Crippen LogP contribution in [-0.2, 0) is 14.8 Å². The number of sulfonamides is 1. The summed E-state index contributed by atoms with van der Waals surface area (Å²) in [7, 11) is -3.17. The first-order chi connectivity index (χ1) is 7.91. The van der Waals surface area contributed by atoms with Gasteiger partial charge in [0.05, 0.1) is 6.26 Å². The average Bonchev–Trinajstić information content (AvgIpc) is 2.25. The summed E-state index contributed by atoms with van der Waals surface area (Å²) in [6.07, 6.45) is 4.58. The summed E-state index contributed by atoms with van der Waals surface area (Å²) in [6.45, 7) is 5.12. The van der Waals surface area contributed by atoms with Crippen molar-refractivity contribution in [2.45, 2.75) is 39.5 Å². The maximum absolute atomic E-state index is 11.5. The van der Waals surface area contributed by atoms with Gasteiger partial charge in [-0.1, -0.05) is 26.7 Å². The molecule has 0 aliphatic heterocycles. The molecule has 0 aromatic carbocycles. The van der Waals surface area contributed by atoms with Crippen LogP contribution in [0.2, 0.25) is 0 Å². The van der Waals surface area contributed by atoms with Crippen LogP contribution in [0.25, 0.3) is 0 Å². The SMILES string of the molecule is CCCCCN(CCNC(=O)CC)S(C)(=O)=O. The third-order valence-corrected chi connectivity index (χ3v) is 3.79. The highest BCUT2D eigenvalue weighted by Crippen LogP contribution is 2.02. The van der Waals surface area contributed by atoms with Gasteiger partial charge in [-0.15, -0.1) is 0 Å². The second-order valence-electron chi connectivity index (χ2n) is 4.07. The number of carbonyl (C=O) groups is 1. The second-order valence-corrected chi connectivity index (χ2v) is 6.06. The van der Waals surface area contributed by atoms with E-state index in [1.54, 1.807) is 6.92 Å². The van der Waals surface area contributed by atoms with Crippen LogP contribution in [0.5, 0.6) is 0 Å². The number of nitrogens with zero attached hydrogens (tertiary/aromatic N) is 1. The molecular formula is C11H24N2O3S. The lowest BCUT2D eigenvalue weighted by molar-refractivity contribution is -0.120. The van der Waals surface area contributed by atoms with E-state index in [4.69, 9.17) is 0 Å². The van der Waals surface area contributed by atoms with E-state index in [2.05, 4.69) is 12.2 Å². The first kappa shape index (κ1) is 16.4. The van der Waals surface area contributed by atoms with Crippen molar-refractivity contribution in [1.82, 2.24) is 9.62 Å². The predicted octanol–water partition coefficient (Wildman–Crippen LogP) is 0.964. The van der Waals surface area contributed by atoms with Crippen LogP contribution >= 0.6 is 0 Å². The van der Waals surface area contributed by atoms with E-state index in [0.29, 0.717) is 26.1 Å². The topological polar surface area (TPSA) is 66.5 Å². The number of hydrogen-bond acceptors (Lipinski definition) is 3. The molecule has 0 spiro atoms. The fourth-order valence-corrected chi connectivity index (χ4v) is 2.31. The Morgan fingerprint density at radius 1 is 1.18 bits per heavy atom. The molecule has 0 aromatic heterocycles. The Morgan fingerprint density at radius 2 is 1.82 bits per heavy atom. The van der Waals surface area contributed by atoms with E-state index in [0.717, 1.165) is 19.3 Å².